The van der Waals surface area contributed by atoms with E-state index < -0.39 is 0 Å². The zero-order valence-corrected chi connectivity index (χ0v) is 10.1. The van der Waals surface area contributed by atoms with Gasteiger partial charge in [-0.1, -0.05) is 0 Å². The van der Waals surface area contributed by atoms with E-state index in [4.69, 9.17) is 15.7 Å². The predicted molar refractivity (Wildman–Crippen MR) is 71.1 cm³/mol. The van der Waals surface area contributed by atoms with E-state index in [1.807, 2.05) is 18.2 Å². The Morgan fingerprint density at radius 1 is 1.28 bits per heavy atom. The summed E-state index contributed by atoms with van der Waals surface area (Å²) in [4.78, 5) is 4.25. The van der Waals surface area contributed by atoms with Gasteiger partial charge in [0.1, 0.15) is 5.75 Å². The molecule has 4 nitrogen and oxygen atoms in total. The summed E-state index contributed by atoms with van der Waals surface area (Å²) >= 11 is 0. The molecule has 0 radical (unpaired) electrons. The van der Waals surface area contributed by atoms with Crippen LogP contribution >= 0.6 is 0 Å². The molecule has 1 aromatic carbocycles. The Kier molecular flexibility index (Phi) is 3.98. The summed E-state index contributed by atoms with van der Waals surface area (Å²) in [5.41, 5.74) is 7.29. The highest BCUT2D eigenvalue weighted by Crippen LogP contribution is 2.28. The molecule has 0 aliphatic rings. The van der Waals surface area contributed by atoms with Crippen LogP contribution in [0, 0.1) is 11.3 Å². The number of nitrogen functional groups attached to an aromatic ring is 1. The number of ether oxygens (including phenoxy) is 1. The molecular weight excluding hydrogens is 226 g/mol. The zero-order valence-electron chi connectivity index (χ0n) is 10.1. The number of pyridine rings is 1. The van der Waals surface area contributed by atoms with Crippen LogP contribution in [0.5, 0.6) is 5.75 Å². The Labute approximate surface area is 106 Å². The van der Waals surface area contributed by atoms with E-state index in [1.165, 1.54) is 0 Å². The Morgan fingerprint density at radius 3 is 3.00 bits per heavy atom. The van der Waals surface area contributed by atoms with Crippen molar-refractivity contribution in [1.29, 1.82) is 5.26 Å². The normalized spacial score (nSPS) is 10.2. The number of benzene rings is 1. The van der Waals surface area contributed by atoms with Gasteiger partial charge in [-0.2, -0.15) is 5.26 Å². The number of nitrogens with zero attached hydrogens (tertiary/aromatic N) is 2. The highest BCUT2D eigenvalue weighted by atomic mass is 16.5. The highest BCUT2D eigenvalue weighted by Gasteiger charge is 2.05. The zero-order chi connectivity index (χ0) is 12.8. The van der Waals surface area contributed by atoms with Gasteiger partial charge in [0.15, 0.2) is 0 Å². The molecule has 92 valence electrons. The number of nitrogens with two attached hydrogens (primary N) is 1. The largest absolute Gasteiger partial charge is 0.493 e. The molecule has 0 spiro atoms. The van der Waals surface area contributed by atoms with Gasteiger partial charge in [-0.15, -0.1) is 0 Å². The topological polar surface area (TPSA) is 71.9 Å². The monoisotopic (exact) mass is 241 g/mol. The summed E-state index contributed by atoms with van der Waals surface area (Å²) in [6.07, 6.45) is 4.03. The van der Waals surface area contributed by atoms with Gasteiger partial charge in [0, 0.05) is 18.0 Å². The molecule has 1 aromatic heterocycles. The first kappa shape index (κ1) is 12.2. The second-order valence-electron chi connectivity index (χ2n) is 4.02. The number of anilines is 1. The molecule has 0 amide bonds. The van der Waals surface area contributed by atoms with Crippen molar-refractivity contribution < 1.29 is 4.74 Å². The Bertz CT molecular complexity index is 575. The van der Waals surface area contributed by atoms with Crippen molar-refractivity contribution in [2.24, 2.45) is 0 Å². The van der Waals surface area contributed by atoms with Crippen LogP contribution in [0.3, 0.4) is 0 Å². The average Bonchev–Trinajstić information content (AvgIpc) is 2.41. The molecule has 0 aliphatic carbocycles. The molecule has 2 N–H and O–H groups in total. The van der Waals surface area contributed by atoms with E-state index in [2.05, 4.69) is 11.1 Å². The van der Waals surface area contributed by atoms with Gasteiger partial charge in [-0.05, 0) is 37.1 Å². The number of hydrogen-bond acceptors (Lipinski definition) is 4. The summed E-state index contributed by atoms with van der Waals surface area (Å²) < 4.78 is 5.72. The number of aromatic nitrogens is 1. The van der Waals surface area contributed by atoms with Crippen LogP contribution in [0.1, 0.15) is 19.3 Å². The van der Waals surface area contributed by atoms with Crippen LogP contribution in [0.2, 0.25) is 0 Å². The third-order valence-corrected chi connectivity index (χ3v) is 2.70. The van der Waals surface area contributed by atoms with E-state index in [0.29, 0.717) is 18.7 Å². The van der Waals surface area contributed by atoms with Crippen LogP contribution in [0.15, 0.2) is 30.5 Å². The van der Waals surface area contributed by atoms with E-state index in [0.717, 1.165) is 29.5 Å². The number of unbranched alkanes of at least 4 members (excludes halogenated alkanes) is 2. The van der Waals surface area contributed by atoms with Gasteiger partial charge in [-0.3, -0.25) is 4.98 Å². The fraction of sp³-hybridized carbons (Fsp3) is 0.286. The van der Waals surface area contributed by atoms with E-state index in [1.54, 1.807) is 12.3 Å². The number of fused-ring (bicyclic) bond motifs is 1. The van der Waals surface area contributed by atoms with E-state index >= 15 is 0 Å². The maximum absolute atomic E-state index is 8.44. The average molecular weight is 241 g/mol. The lowest BCUT2D eigenvalue weighted by molar-refractivity contribution is 0.311. The standard InChI is InChI=1S/C14H15N3O/c15-8-2-1-3-10-18-13-7-6-12(16)14-11(13)5-4-9-17-14/h4-7,9H,1-3,10,16H2. The summed E-state index contributed by atoms with van der Waals surface area (Å²) in [5, 5.41) is 9.37. The molecule has 0 saturated heterocycles. The molecule has 2 rings (SSSR count). The molecule has 0 unspecified atom stereocenters. The third-order valence-electron chi connectivity index (χ3n) is 2.70. The van der Waals surface area contributed by atoms with Crippen LogP contribution in [-0.2, 0) is 0 Å². The van der Waals surface area contributed by atoms with Crippen molar-refractivity contribution in [2.75, 3.05) is 12.3 Å². The quantitative estimate of drug-likeness (QED) is 0.645. The molecule has 1 heterocycles. The van der Waals surface area contributed by atoms with Gasteiger partial charge in [0.05, 0.1) is 23.9 Å². The summed E-state index contributed by atoms with van der Waals surface area (Å²) in [6, 6.07) is 9.60. The molecule has 0 fully saturated rings. The van der Waals surface area contributed by atoms with Crippen LogP contribution in [0.4, 0.5) is 5.69 Å². The fourth-order valence-electron chi connectivity index (χ4n) is 1.78. The molecule has 0 bridgehead atoms. The van der Waals surface area contributed by atoms with Gasteiger partial charge < -0.3 is 10.5 Å². The molecular formula is C14H15N3O. The Hall–Kier alpha value is -2.28. The maximum Gasteiger partial charge on any atom is 0.128 e. The minimum absolute atomic E-state index is 0.577. The van der Waals surface area contributed by atoms with Gasteiger partial charge >= 0.3 is 0 Å². The minimum Gasteiger partial charge on any atom is -0.493 e. The number of hydrogen-bond donors (Lipinski definition) is 1. The van der Waals surface area contributed by atoms with E-state index in [9.17, 15) is 0 Å². The molecule has 0 aliphatic heterocycles. The molecule has 18 heavy (non-hydrogen) atoms. The molecule has 2 aromatic rings. The number of nitriles is 1. The smallest absolute Gasteiger partial charge is 0.128 e. The second-order valence-corrected chi connectivity index (χ2v) is 4.02. The van der Waals surface area contributed by atoms with Crippen LogP contribution < -0.4 is 10.5 Å². The SMILES string of the molecule is N#CCCCCOc1ccc(N)c2ncccc12. The summed E-state index contributed by atoms with van der Waals surface area (Å²) in [7, 11) is 0. The van der Waals surface area contributed by atoms with Crippen molar-refractivity contribution in [3.63, 3.8) is 0 Å². The minimum atomic E-state index is 0.577. The number of rotatable bonds is 5. The lowest BCUT2D eigenvalue weighted by atomic mass is 10.1. The van der Waals surface area contributed by atoms with Gasteiger partial charge in [0.25, 0.3) is 0 Å². The van der Waals surface area contributed by atoms with Crippen molar-refractivity contribution in [3.8, 4) is 11.8 Å². The first-order chi connectivity index (χ1) is 8.83. The molecule has 0 atom stereocenters. The van der Waals surface area contributed by atoms with E-state index in [-0.39, 0.29) is 0 Å². The predicted octanol–water partition coefficient (Wildman–Crippen LogP) is 2.89. The van der Waals surface area contributed by atoms with Gasteiger partial charge in [-0.25, -0.2) is 0 Å². The maximum atomic E-state index is 8.44. The van der Waals surface area contributed by atoms with Crippen LogP contribution in [0.25, 0.3) is 10.9 Å². The molecule has 4 heteroatoms. The van der Waals surface area contributed by atoms with Crippen molar-refractivity contribution in [1.82, 2.24) is 4.98 Å². The lowest BCUT2D eigenvalue weighted by Gasteiger charge is -2.09. The Balaban J connectivity index is 2.09. The Morgan fingerprint density at radius 2 is 2.17 bits per heavy atom. The van der Waals surface area contributed by atoms with Gasteiger partial charge in [0.2, 0.25) is 0 Å². The lowest BCUT2D eigenvalue weighted by Crippen LogP contribution is -1.99. The highest BCUT2D eigenvalue weighted by molar-refractivity contribution is 5.93. The summed E-state index contributed by atoms with van der Waals surface area (Å²) in [5.74, 6) is 0.796. The summed E-state index contributed by atoms with van der Waals surface area (Å²) in [6.45, 7) is 0.607. The first-order valence-electron chi connectivity index (χ1n) is 5.96. The van der Waals surface area contributed by atoms with Crippen molar-refractivity contribution in [2.45, 2.75) is 19.3 Å². The van der Waals surface area contributed by atoms with Crippen molar-refractivity contribution >= 4 is 16.6 Å². The second kappa shape index (κ2) is 5.87. The first-order valence-corrected chi connectivity index (χ1v) is 5.96. The molecule has 0 saturated carbocycles. The fourth-order valence-corrected chi connectivity index (χ4v) is 1.78. The third kappa shape index (κ3) is 2.69. The van der Waals surface area contributed by atoms with Crippen molar-refractivity contribution in [3.05, 3.63) is 30.5 Å². The van der Waals surface area contributed by atoms with Crippen LogP contribution in [-0.4, -0.2) is 11.6 Å².